The fourth-order valence-electron chi connectivity index (χ4n) is 1.79. The van der Waals surface area contributed by atoms with E-state index in [2.05, 4.69) is 40.8 Å². The SMILES string of the molecule is Cc1cc(NCC(C)Cc2cccs2)ccn1. The van der Waals surface area contributed by atoms with Gasteiger partial charge in [0, 0.05) is 29.0 Å². The van der Waals surface area contributed by atoms with Gasteiger partial charge >= 0.3 is 0 Å². The van der Waals surface area contributed by atoms with E-state index in [1.54, 1.807) is 0 Å². The van der Waals surface area contributed by atoms with E-state index in [4.69, 9.17) is 0 Å². The Morgan fingerprint density at radius 2 is 2.29 bits per heavy atom. The zero-order chi connectivity index (χ0) is 12.1. The van der Waals surface area contributed by atoms with Crippen molar-refractivity contribution in [2.24, 2.45) is 5.92 Å². The van der Waals surface area contributed by atoms with Crippen LogP contribution in [0, 0.1) is 12.8 Å². The molecule has 0 amide bonds. The van der Waals surface area contributed by atoms with Crippen molar-refractivity contribution in [3.8, 4) is 0 Å². The van der Waals surface area contributed by atoms with Gasteiger partial charge in [-0.05, 0) is 42.8 Å². The second-order valence-electron chi connectivity index (χ2n) is 4.46. The van der Waals surface area contributed by atoms with Gasteiger partial charge in [0.05, 0.1) is 0 Å². The maximum Gasteiger partial charge on any atom is 0.0393 e. The van der Waals surface area contributed by atoms with Crippen LogP contribution in [-0.4, -0.2) is 11.5 Å². The third-order valence-electron chi connectivity index (χ3n) is 2.68. The Kier molecular flexibility index (Phi) is 4.15. The molecule has 1 unspecified atom stereocenters. The monoisotopic (exact) mass is 246 g/mol. The lowest BCUT2D eigenvalue weighted by atomic mass is 10.1. The van der Waals surface area contributed by atoms with Crippen molar-refractivity contribution in [1.82, 2.24) is 4.98 Å². The molecule has 0 aliphatic heterocycles. The maximum atomic E-state index is 4.19. The van der Waals surface area contributed by atoms with Crippen LogP contribution >= 0.6 is 11.3 Å². The summed E-state index contributed by atoms with van der Waals surface area (Å²) in [6, 6.07) is 8.42. The van der Waals surface area contributed by atoms with E-state index in [-0.39, 0.29) is 0 Å². The van der Waals surface area contributed by atoms with Gasteiger partial charge in [-0.2, -0.15) is 0 Å². The number of nitrogens with one attached hydrogen (secondary N) is 1. The molecule has 0 aliphatic carbocycles. The zero-order valence-electron chi connectivity index (χ0n) is 10.3. The Balaban J connectivity index is 1.82. The molecular formula is C14H18N2S. The second kappa shape index (κ2) is 5.82. The molecule has 3 heteroatoms. The molecule has 2 aromatic rings. The van der Waals surface area contributed by atoms with Crippen LogP contribution in [0.25, 0.3) is 0 Å². The van der Waals surface area contributed by atoms with Crippen molar-refractivity contribution in [2.45, 2.75) is 20.3 Å². The van der Waals surface area contributed by atoms with Crippen LogP contribution in [0.5, 0.6) is 0 Å². The van der Waals surface area contributed by atoms with Gasteiger partial charge in [0.1, 0.15) is 0 Å². The number of aromatic nitrogens is 1. The van der Waals surface area contributed by atoms with E-state index in [1.807, 2.05) is 30.5 Å². The highest BCUT2D eigenvalue weighted by molar-refractivity contribution is 7.09. The summed E-state index contributed by atoms with van der Waals surface area (Å²) in [5.41, 5.74) is 2.22. The molecule has 90 valence electrons. The molecule has 0 saturated heterocycles. The number of anilines is 1. The fourth-order valence-corrected chi connectivity index (χ4v) is 2.66. The molecule has 2 nitrogen and oxygen atoms in total. The molecule has 0 spiro atoms. The van der Waals surface area contributed by atoms with Crippen LogP contribution < -0.4 is 5.32 Å². The highest BCUT2D eigenvalue weighted by atomic mass is 32.1. The molecule has 2 rings (SSSR count). The first-order valence-electron chi connectivity index (χ1n) is 5.93. The van der Waals surface area contributed by atoms with Crippen molar-refractivity contribution in [3.05, 3.63) is 46.4 Å². The van der Waals surface area contributed by atoms with E-state index in [1.165, 1.54) is 4.88 Å². The summed E-state index contributed by atoms with van der Waals surface area (Å²) < 4.78 is 0. The predicted molar refractivity (Wildman–Crippen MR) is 74.7 cm³/mol. The number of hydrogen-bond donors (Lipinski definition) is 1. The first kappa shape index (κ1) is 12.1. The maximum absolute atomic E-state index is 4.19. The summed E-state index contributed by atoms with van der Waals surface area (Å²) in [5.74, 6) is 0.641. The van der Waals surface area contributed by atoms with Crippen LogP contribution in [0.2, 0.25) is 0 Å². The van der Waals surface area contributed by atoms with Crippen molar-refractivity contribution in [2.75, 3.05) is 11.9 Å². The van der Waals surface area contributed by atoms with E-state index >= 15 is 0 Å². The van der Waals surface area contributed by atoms with Gasteiger partial charge < -0.3 is 5.32 Å². The van der Waals surface area contributed by atoms with E-state index in [0.717, 1.165) is 24.3 Å². The Bertz CT molecular complexity index is 451. The molecular weight excluding hydrogens is 228 g/mol. The number of thiophene rings is 1. The van der Waals surface area contributed by atoms with Crippen LogP contribution in [0.15, 0.2) is 35.8 Å². The van der Waals surface area contributed by atoms with Gasteiger partial charge in [-0.1, -0.05) is 13.0 Å². The van der Waals surface area contributed by atoms with E-state index in [0.29, 0.717) is 5.92 Å². The van der Waals surface area contributed by atoms with Crippen molar-refractivity contribution in [3.63, 3.8) is 0 Å². The van der Waals surface area contributed by atoms with E-state index in [9.17, 15) is 0 Å². The standard InChI is InChI=1S/C14H18N2S/c1-11(8-14-4-3-7-17-14)10-16-13-5-6-15-12(2)9-13/h3-7,9,11H,8,10H2,1-2H3,(H,15,16). The predicted octanol–water partition coefficient (Wildman–Crippen LogP) is 3.74. The van der Waals surface area contributed by atoms with Crippen molar-refractivity contribution < 1.29 is 0 Å². The van der Waals surface area contributed by atoms with E-state index < -0.39 is 0 Å². The average molecular weight is 246 g/mol. The minimum atomic E-state index is 0.641. The quantitative estimate of drug-likeness (QED) is 0.869. The number of rotatable bonds is 5. The minimum Gasteiger partial charge on any atom is -0.385 e. The Labute approximate surface area is 107 Å². The summed E-state index contributed by atoms with van der Waals surface area (Å²) in [4.78, 5) is 5.65. The zero-order valence-corrected chi connectivity index (χ0v) is 11.1. The van der Waals surface area contributed by atoms with Crippen molar-refractivity contribution in [1.29, 1.82) is 0 Å². The van der Waals surface area contributed by atoms with Gasteiger partial charge in [-0.25, -0.2) is 0 Å². The van der Waals surface area contributed by atoms with Crippen molar-refractivity contribution >= 4 is 17.0 Å². The first-order valence-corrected chi connectivity index (χ1v) is 6.81. The Morgan fingerprint density at radius 3 is 3.00 bits per heavy atom. The third-order valence-corrected chi connectivity index (χ3v) is 3.58. The van der Waals surface area contributed by atoms with Gasteiger partial charge in [0.15, 0.2) is 0 Å². The number of aryl methyl sites for hydroxylation is 1. The van der Waals surface area contributed by atoms with Crippen LogP contribution in [0.3, 0.4) is 0 Å². The van der Waals surface area contributed by atoms with Crippen LogP contribution in [-0.2, 0) is 6.42 Å². The normalized spacial score (nSPS) is 12.4. The number of hydrogen-bond acceptors (Lipinski definition) is 3. The lowest BCUT2D eigenvalue weighted by Gasteiger charge is -2.12. The van der Waals surface area contributed by atoms with Gasteiger partial charge in [-0.3, -0.25) is 4.98 Å². The molecule has 1 N–H and O–H groups in total. The van der Waals surface area contributed by atoms with Gasteiger partial charge in [0.25, 0.3) is 0 Å². The number of pyridine rings is 1. The van der Waals surface area contributed by atoms with Gasteiger partial charge in [0.2, 0.25) is 0 Å². The molecule has 1 atom stereocenters. The lowest BCUT2D eigenvalue weighted by Crippen LogP contribution is -2.13. The highest BCUT2D eigenvalue weighted by Crippen LogP contribution is 2.15. The first-order chi connectivity index (χ1) is 8.24. The highest BCUT2D eigenvalue weighted by Gasteiger charge is 2.04. The second-order valence-corrected chi connectivity index (χ2v) is 5.49. The van der Waals surface area contributed by atoms with Crippen LogP contribution in [0.1, 0.15) is 17.5 Å². The topological polar surface area (TPSA) is 24.9 Å². The minimum absolute atomic E-state index is 0.641. The average Bonchev–Trinajstić information content (AvgIpc) is 2.79. The molecule has 0 saturated carbocycles. The van der Waals surface area contributed by atoms with Crippen LogP contribution in [0.4, 0.5) is 5.69 Å². The smallest absolute Gasteiger partial charge is 0.0393 e. The molecule has 2 heterocycles. The lowest BCUT2D eigenvalue weighted by molar-refractivity contribution is 0.618. The fraction of sp³-hybridized carbons (Fsp3) is 0.357. The molecule has 0 bridgehead atoms. The Morgan fingerprint density at radius 1 is 1.41 bits per heavy atom. The van der Waals surface area contributed by atoms with Gasteiger partial charge in [-0.15, -0.1) is 11.3 Å². The third kappa shape index (κ3) is 3.86. The summed E-state index contributed by atoms with van der Waals surface area (Å²) >= 11 is 1.84. The summed E-state index contributed by atoms with van der Waals surface area (Å²) in [6.07, 6.45) is 3.00. The molecule has 0 fully saturated rings. The molecule has 0 aromatic carbocycles. The molecule has 0 radical (unpaired) electrons. The summed E-state index contributed by atoms with van der Waals surface area (Å²) in [5, 5.41) is 5.60. The molecule has 0 aliphatic rings. The Hall–Kier alpha value is -1.35. The summed E-state index contributed by atoms with van der Waals surface area (Å²) in [6.45, 7) is 5.29. The molecule has 17 heavy (non-hydrogen) atoms. The molecule has 2 aromatic heterocycles. The number of nitrogens with zero attached hydrogens (tertiary/aromatic N) is 1. The largest absolute Gasteiger partial charge is 0.385 e. The summed E-state index contributed by atoms with van der Waals surface area (Å²) in [7, 11) is 0.